The van der Waals surface area contributed by atoms with Crippen LogP contribution in [0.25, 0.3) is 0 Å². The first-order valence-electron chi connectivity index (χ1n) is 4.28. The fourth-order valence-corrected chi connectivity index (χ4v) is 1.50. The van der Waals surface area contributed by atoms with Gasteiger partial charge in [0.2, 0.25) is 6.79 Å². The molecule has 0 saturated heterocycles. The van der Waals surface area contributed by atoms with Gasteiger partial charge < -0.3 is 14.6 Å². The molecule has 1 aromatic rings. The van der Waals surface area contributed by atoms with Crippen LogP contribution in [0.2, 0.25) is 0 Å². The zero-order valence-corrected chi connectivity index (χ0v) is 7.74. The van der Waals surface area contributed by atoms with E-state index >= 15 is 0 Å². The maximum atomic E-state index is 10.6. The molecule has 0 saturated carbocycles. The Kier molecular flexibility index (Phi) is 2.04. The number of hydrogen-bond donors (Lipinski definition) is 1. The minimum absolute atomic E-state index is 0.0294. The van der Waals surface area contributed by atoms with Crippen LogP contribution in [0.15, 0.2) is 12.1 Å². The molecular weight excluding hydrogens is 184 g/mol. The first-order valence-corrected chi connectivity index (χ1v) is 4.28. The van der Waals surface area contributed by atoms with Crippen LogP contribution >= 0.6 is 0 Å². The van der Waals surface area contributed by atoms with Gasteiger partial charge >= 0.3 is 5.97 Å². The van der Waals surface area contributed by atoms with E-state index in [4.69, 9.17) is 14.6 Å². The Morgan fingerprint density at radius 2 is 2.29 bits per heavy atom. The van der Waals surface area contributed by atoms with Gasteiger partial charge in [-0.3, -0.25) is 4.79 Å². The quantitative estimate of drug-likeness (QED) is 0.772. The Labute approximate surface area is 81.1 Å². The molecule has 0 aliphatic carbocycles. The van der Waals surface area contributed by atoms with E-state index in [1.54, 1.807) is 6.07 Å². The molecule has 0 unspecified atom stereocenters. The van der Waals surface area contributed by atoms with E-state index in [0.29, 0.717) is 17.1 Å². The van der Waals surface area contributed by atoms with Crippen LogP contribution in [0.1, 0.15) is 11.1 Å². The van der Waals surface area contributed by atoms with E-state index in [0.717, 1.165) is 5.56 Å². The van der Waals surface area contributed by atoms with Gasteiger partial charge in [0.15, 0.2) is 11.5 Å². The van der Waals surface area contributed by atoms with Gasteiger partial charge in [0.25, 0.3) is 0 Å². The maximum absolute atomic E-state index is 10.6. The van der Waals surface area contributed by atoms with Crippen molar-refractivity contribution in [3.8, 4) is 11.5 Å². The van der Waals surface area contributed by atoms with Crippen molar-refractivity contribution in [2.45, 2.75) is 13.3 Å². The van der Waals surface area contributed by atoms with Crippen LogP contribution in [-0.4, -0.2) is 17.9 Å². The molecular formula is C10H10O4. The van der Waals surface area contributed by atoms with Crippen molar-refractivity contribution in [2.24, 2.45) is 0 Å². The number of carbonyl (C=O) groups is 1. The highest BCUT2D eigenvalue weighted by Crippen LogP contribution is 2.37. The Hall–Kier alpha value is -1.71. The fraction of sp³-hybridized carbons (Fsp3) is 0.300. The van der Waals surface area contributed by atoms with Crippen LogP contribution in [0.4, 0.5) is 0 Å². The van der Waals surface area contributed by atoms with Gasteiger partial charge in [0.05, 0.1) is 6.42 Å². The molecule has 0 radical (unpaired) electrons. The van der Waals surface area contributed by atoms with E-state index in [1.807, 2.05) is 13.0 Å². The molecule has 74 valence electrons. The lowest BCUT2D eigenvalue weighted by atomic mass is 10.0. The number of carboxylic acid groups (broad SMARTS) is 1. The summed E-state index contributed by atoms with van der Waals surface area (Å²) >= 11 is 0. The summed E-state index contributed by atoms with van der Waals surface area (Å²) in [7, 11) is 0. The summed E-state index contributed by atoms with van der Waals surface area (Å²) in [5, 5.41) is 8.73. The minimum Gasteiger partial charge on any atom is -0.481 e. The number of fused-ring (bicyclic) bond motifs is 1. The molecule has 1 aliphatic heterocycles. The molecule has 1 aliphatic rings. The largest absolute Gasteiger partial charge is 0.481 e. The first-order chi connectivity index (χ1) is 6.68. The smallest absolute Gasteiger partial charge is 0.307 e. The van der Waals surface area contributed by atoms with Crippen molar-refractivity contribution in [3.63, 3.8) is 0 Å². The lowest BCUT2D eigenvalue weighted by Gasteiger charge is -2.06. The van der Waals surface area contributed by atoms with Gasteiger partial charge in [-0.1, -0.05) is 6.07 Å². The molecule has 0 fully saturated rings. The summed E-state index contributed by atoms with van der Waals surface area (Å²) in [5.41, 5.74) is 1.61. The standard InChI is InChI=1S/C10H10O4/c1-6-2-3-8-10(14-5-13-8)7(6)4-9(11)12/h2-3H,4-5H2,1H3,(H,11,12). The summed E-state index contributed by atoms with van der Waals surface area (Å²) < 4.78 is 10.4. The van der Waals surface area contributed by atoms with E-state index in [1.165, 1.54) is 0 Å². The van der Waals surface area contributed by atoms with Crippen LogP contribution in [0, 0.1) is 6.92 Å². The fourth-order valence-electron chi connectivity index (χ4n) is 1.50. The van der Waals surface area contributed by atoms with Crippen LogP contribution in [0.3, 0.4) is 0 Å². The summed E-state index contributed by atoms with van der Waals surface area (Å²) in [6.07, 6.45) is -0.0294. The predicted octanol–water partition coefficient (Wildman–Crippen LogP) is 1.35. The third kappa shape index (κ3) is 1.39. The molecule has 0 spiro atoms. The van der Waals surface area contributed by atoms with Crippen molar-refractivity contribution in [1.29, 1.82) is 0 Å². The van der Waals surface area contributed by atoms with Crippen molar-refractivity contribution < 1.29 is 19.4 Å². The topological polar surface area (TPSA) is 55.8 Å². The average molecular weight is 194 g/mol. The molecule has 0 atom stereocenters. The molecule has 2 rings (SSSR count). The van der Waals surface area contributed by atoms with E-state index in [2.05, 4.69) is 0 Å². The van der Waals surface area contributed by atoms with Crippen LogP contribution in [0.5, 0.6) is 11.5 Å². The molecule has 4 nitrogen and oxygen atoms in total. The second-order valence-electron chi connectivity index (χ2n) is 3.17. The summed E-state index contributed by atoms with van der Waals surface area (Å²) in [6.45, 7) is 2.03. The number of ether oxygens (including phenoxy) is 2. The number of aliphatic carboxylic acids is 1. The molecule has 1 aromatic carbocycles. The number of benzene rings is 1. The Bertz CT molecular complexity index is 384. The Balaban J connectivity index is 2.46. The van der Waals surface area contributed by atoms with Gasteiger partial charge in [-0.2, -0.15) is 0 Å². The van der Waals surface area contributed by atoms with Gasteiger partial charge in [-0.05, 0) is 18.6 Å². The highest BCUT2D eigenvalue weighted by Gasteiger charge is 2.20. The molecule has 1 heterocycles. The second-order valence-corrected chi connectivity index (χ2v) is 3.17. The van der Waals surface area contributed by atoms with Crippen molar-refractivity contribution >= 4 is 5.97 Å². The SMILES string of the molecule is Cc1ccc2c(c1CC(=O)O)OCO2. The average Bonchev–Trinajstić information content (AvgIpc) is 2.57. The van der Waals surface area contributed by atoms with E-state index < -0.39 is 5.97 Å². The zero-order chi connectivity index (χ0) is 10.1. The molecule has 0 aromatic heterocycles. The third-order valence-corrected chi connectivity index (χ3v) is 2.20. The van der Waals surface area contributed by atoms with Gasteiger partial charge in [0.1, 0.15) is 0 Å². The number of rotatable bonds is 2. The highest BCUT2D eigenvalue weighted by atomic mass is 16.7. The first kappa shape index (κ1) is 8.87. The number of aryl methyl sites for hydroxylation is 1. The summed E-state index contributed by atoms with van der Waals surface area (Å²) in [6, 6.07) is 3.63. The molecule has 14 heavy (non-hydrogen) atoms. The second kappa shape index (κ2) is 3.21. The number of carboxylic acids is 1. The van der Waals surface area contributed by atoms with Crippen molar-refractivity contribution in [1.82, 2.24) is 0 Å². The summed E-state index contributed by atoms with van der Waals surface area (Å²) in [4.78, 5) is 10.6. The molecule has 0 bridgehead atoms. The zero-order valence-electron chi connectivity index (χ0n) is 7.74. The Morgan fingerprint density at radius 3 is 3.00 bits per heavy atom. The van der Waals surface area contributed by atoms with E-state index in [-0.39, 0.29) is 13.2 Å². The van der Waals surface area contributed by atoms with Crippen LogP contribution < -0.4 is 9.47 Å². The normalized spacial score (nSPS) is 12.9. The monoisotopic (exact) mass is 194 g/mol. The maximum Gasteiger partial charge on any atom is 0.307 e. The van der Waals surface area contributed by atoms with Gasteiger partial charge in [-0.25, -0.2) is 0 Å². The third-order valence-electron chi connectivity index (χ3n) is 2.20. The van der Waals surface area contributed by atoms with Crippen molar-refractivity contribution in [2.75, 3.05) is 6.79 Å². The van der Waals surface area contributed by atoms with E-state index in [9.17, 15) is 4.79 Å². The summed E-state index contributed by atoms with van der Waals surface area (Å²) in [5.74, 6) is 0.344. The minimum atomic E-state index is -0.864. The van der Waals surface area contributed by atoms with Gasteiger partial charge in [0, 0.05) is 5.56 Å². The lowest BCUT2D eigenvalue weighted by Crippen LogP contribution is -2.03. The van der Waals surface area contributed by atoms with Crippen molar-refractivity contribution in [3.05, 3.63) is 23.3 Å². The lowest BCUT2D eigenvalue weighted by molar-refractivity contribution is -0.136. The van der Waals surface area contributed by atoms with Crippen LogP contribution in [-0.2, 0) is 11.2 Å². The molecule has 1 N–H and O–H groups in total. The molecule has 0 amide bonds. The molecule has 4 heteroatoms. The Morgan fingerprint density at radius 1 is 1.50 bits per heavy atom. The highest BCUT2D eigenvalue weighted by molar-refractivity contribution is 5.73. The van der Waals surface area contributed by atoms with Gasteiger partial charge in [-0.15, -0.1) is 0 Å². The predicted molar refractivity (Wildman–Crippen MR) is 48.6 cm³/mol. The number of hydrogen-bond acceptors (Lipinski definition) is 3.